The zero-order valence-electron chi connectivity index (χ0n) is 5.60. The van der Waals surface area contributed by atoms with Crippen molar-refractivity contribution in [2.24, 2.45) is 0 Å². The second-order valence-electron chi connectivity index (χ2n) is 1.42. The van der Waals surface area contributed by atoms with Gasteiger partial charge in [0.1, 0.15) is 6.61 Å². The van der Waals surface area contributed by atoms with Crippen LogP contribution in [0, 0.1) is 0 Å². The van der Waals surface area contributed by atoms with Crippen molar-refractivity contribution in [3.63, 3.8) is 0 Å². The summed E-state index contributed by atoms with van der Waals surface area (Å²) in [5.41, 5.74) is 0. The van der Waals surface area contributed by atoms with Crippen LogP contribution in [0.5, 0.6) is 0 Å². The number of rotatable bonds is 4. The van der Waals surface area contributed by atoms with E-state index >= 15 is 0 Å². The van der Waals surface area contributed by atoms with Crippen molar-refractivity contribution in [2.45, 2.75) is 0 Å². The molecule has 1 N–H and O–H groups in total. The SMILES string of the molecule is CNC(=O)COS(=O)(=O)OS. The minimum atomic E-state index is -4.12. The van der Waals surface area contributed by atoms with Gasteiger partial charge in [-0.2, -0.15) is 12.0 Å². The predicted octanol–water partition coefficient (Wildman–Crippen LogP) is -1.14. The largest absolute Gasteiger partial charge is 0.411 e. The lowest BCUT2D eigenvalue weighted by Gasteiger charge is -1.99. The highest BCUT2D eigenvalue weighted by atomic mass is 32.3. The predicted molar refractivity (Wildman–Crippen MR) is 39.0 cm³/mol. The van der Waals surface area contributed by atoms with Crippen LogP contribution in [0.25, 0.3) is 0 Å². The normalized spacial score (nSPS) is 11.1. The molecule has 1 amide bonds. The average Bonchev–Trinajstić information content (AvgIpc) is 2.00. The van der Waals surface area contributed by atoms with E-state index in [-0.39, 0.29) is 0 Å². The van der Waals surface area contributed by atoms with E-state index in [9.17, 15) is 13.2 Å². The molecular weight excluding hydrogens is 194 g/mol. The van der Waals surface area contributed by atoms with Crippen molar-refractivity contribution in [3.05, 3.63) is 0 Å². The third-order valence-electron chi connectivity index (χ3n) is 0.704. The van der Waals surface area contributed by atoms with Gasteiger partial charge in [0.05, 0.1) is 0 Å². The molecule has 0 rings (SSSR count). The van der Waals surface area contributed by atoms with Gasteiger partial charge in [0.2, 0.25) is 5.91 Å². The first-order chi connectivity index (χ1) is 5.02. The van der Waals surface area contributed by atoms with E-state index in [1.807, 2.05) is 0 Å². The molecule has 0 saturated heterocycles. The lowest BCUT2D eigenvalue weighted by atomic mass is 10.7. The Balaban J connectivity index is 3.80. The third kappa shape index (κ3) is 5.01. The van der Waals surface area contributed by atoms with Gasteiger partial charge in [-0.05, 0) is 12.9 Å². The maximum atomic E-state index is 10.4. The third-order valence-corrected chi connectivity index (χ3v) is 1.84. The van der Waals surface area contributed by atoms with Crippen molar-refractivity contribution in [1.82, 2.24) is 5.32 Å². The summed E-state index contributed by atoms with van der Waals surface area (Å²) in [7, 11) is -2.77. The molecule has 0 aromatic carbocycles. The minimum absolute atomic E-state index is 0.570. The molecule has 66 valence electrons. The van der Waals surface area contributed by atoms with Crippen molar-refractivity contribution >= 4 is 29.2 Å². The average molecular weight is 201 g/mol. The number of thiol groups is 1. The molecule has 0 aliphatic carbocycles. The number of hydrogen-bond donors (Lipinski definition) is 2. The Morgan fingerprint density at radius 3 is 2.55 bits per heavy atom. The first-order valence-electron chi connectivity index (χ1n) is 2.45. The standard InChI is InChI=1S/C3H7NO5S2/c1-4-3(5)2-8-11(6,7)9-10/h10H,2H2,1H3,(H,4,5). The summed E-state index contributed by atoms with van der Waals surface area (Å²) in [6, 6.07) is 0. The molecular formula is C3H7NO5S2. The van der Waals surface area contributed by atoms with Crippen LogP contribution in [0.2, 0.25) is 0 Å². The second kappa shape index (κ2) is 4.54. The maximum Gasteiger partial charge on any atom is 0.411 e. The highest BCUT2D eigenvalue weighted by Crippen LogP contribution is 1.96. The molecule has 6 nitrogen and oxygen atoms in total. The van der Waals surface area contributed by atoms with Gasteiger partial charge < -0.3 is 5.32 Å². The molecule has 0 bridgehead atoms. The lowest BCUT2D eigenvalue weighted by Crippen LogP contribution is -2.25. The van der Waals surface area contributed by atoms with E-state index in [1.165, 1.54) is 7.05 Å². The van der Waals surface area contributed by atoms with Gasteiger partial charge in [0.25, 0.3) is 0 Å². The molecule has 0 spiro atoms. The van der Waals surface area contributed by atoms with E-state index in [0.29, 0.717) is 0 Å². The minimum Gasteiger partial charge on any atom is -0.357 e. The van der Waals surface area contributed by atoms with Gasteiger partial charge in [0, 0.05) is 7.05 Å². The van der Waals surface area contributed by atoms with Gasteiger partial charge in [-0.3, -0.25) is 4.79 Å². The fourth-order valence-electron chi connectivity index (χ4n) is 0.219. The Hall–Kier alpha value is -0.310. The number of hydrogen-bond acceptors (Lipinski definition) is 6. The number of carbonyl (C=O) groups is 1. The van der Waals surface area contributed by atoms with Crippen LogP contribution in [0.3, 0.4) is 0 Å². The summed E-state index contributed by atoms with van der Waals surface area (Å²) in [4.78, 5) is 10.4. The molecule has 0 aliphatic rings. The van der Waals surface area contributed by atoms with E-state index in [0.717, 1.165) is 0 Å². The molecule has 8 heteroatoms. The summed E-state index contributed by atoms with van der Waals surface area (Å²) < 4.78 is 28.2. The van der Waals surface area contributed by atoms with Crippen molar-refractivity contribution in [3.8, 4) is 0 Å². The van der Waals surface area contributed by atoms with E-state index in [2.05, 4.69) is 26.0 Å². The molecule has 0 radical (unpaired) electrons. The smallest absolute Gasteiger partial charge is 0.357 e. The van der Waals surface area contributed by atoms with Gasteiger partial charge in [0.15, 0.2) is 0 Å². The molecule has 11 heavy (non-hydrogen) atoms. The fraction of sp³-hybridized carbons (Fsp3) is 0.667. The van der Waals surface area contributed by atoms with Crippen LogP contribution in [-0.2, 0) is 23.0 Å². The van der Waals surface area contributed by atoms with Crippen LogP contribution in [0.15, 0.2) is 0 Å². The van der Waals surface area contributed by atoms with Crippen molar-refractivity contribution in [2.75, 3.05) is 13.7 Å². The summed E-state index contributed by atoms with van der Waals surface area (Å²) in [5.74, 6) is -0.570. The second-order valence-corrected chi connectivity index (χ2v) is 3.07. The van der Waals surface area contributed by atoms with Crippen molar-refractivity contribution < 1.29 is 21.0 Å². The monoisotopic (exact) mass is 201 g/mol. The highest BCUT2D eigenvalue weighted by Gasteiger charge is 2.11. The Labute approximate surface area is 69.8 Å². The summed E-state index contributed by atoms with van der Waals surface area (Å²) >= 11 is 2.99. The summed E-state index contributed by atoms with van der Waals surface area (Å²) in [5, 5.41) is 2.15. The summed E-state index contributed by atoms with van der Waals surface area (Å²) in [6.45, 7) is -0.612. The van der Waals surface area contributed by atoms with Crippen molar-refractivity contribution in [1.29, 1.82) is 0 Å². The number of amides is 1. The van der Waals surface area contributed by atoms with Crippen LogP contribution < -0.4 is 5.32 Å². The number of likely N-dealkylation sites (N-methyl/N-ethyl adjacent to an activating group) is 1. The van der Waals surface area contributed by atoms with Gasteiger partial charge in [-0.1, -0.05) is 0 Å². The van der Waals surface area contributed by atoms with E-state index in [1.54, 1.807) is 0 Å². The summed E-state index contributed by atoms with van der Waals surface area (Å²) in [6.07, 6.45) is 0. The molecule has 0 aliphatic heterocycles. The van der Waals surface area contributed by atoms with Crippen LogP contribution in [0.4, 0.5) is 0 Å². The first kappa shape index (κ1) is 10.7. The van der Waals surface area contributed by atoms with Crippen LogP contribution in [0.1, 0.15) is 0 Å². The Bertz CT molecular complexity index is 222. The van der Waals surface area contributed by atoms with Gasteiger partial charge >= 0.3 is 10.4 Å². The topological polar surface area (TPSA) is 81.7 Å². The highest BCUT2D eigenvalue weighted by molar-refractivity contribution is 7.92. The van der Waals surface area contributed by atoms with Crippen LogP contribution >= 0.6 is 12.9 Å². The number of carbonyl (C=O) groups excluding carboxylic acids is 1. The molecule has 0 aromatic rings. The zero-order valence-corrected chi connectivity index (χ0v) is 7.31. The first-order valence-corrected chi connectivity index (χ1v) is 4.14. The van der Waals surface area contributed by atoms with E-state index in [4.69, 9.17) is 0 Å². The van der Waals surface area contributed by atoms with E-state index < -0.39 is 22.9 Å². The quantitative estimate of drug-likeness (QED) is 0.443. The van der Waals surface area contributed by atoms with Gasteiger partial charge in [-0.25, -0.2) is 4.18 Å². The molecule has 0 unspecified atom stereocenters. The Morgan fingerprint density at radius 1 is 1.64 bits per heavy atom. The molecule has 0 fully saturated rings. The Kier molecular flexibility index (Phi) is 4.42. The number of nitrogens with one attached hydrogen (secondary N) is 1. The maximum absolute atomic E-state index is 10.4. The molecule has 0 aromatic heterocycles. The molecule has 0 atom stereocenters. The fourth-order valence-corrected chi connectivity index (χ4v) is 0.643. The van der Waals surface area contributed by atoms with Crippen LogP contribution in [-0.4, -0.2) is 28.0 Å². The molecule has 0 saturated carbocycles. The molecule has 0 heterocycles. The Morgan fingerprint density at radius 2 is 2.18 bits per heavy atom. The zero-order chi connectivity index (χ0) is 8.91. The lowest BCUT2D eigenvalue weighted by molar-refractivity contribution is -0.122. The van der Waals surface area contributed by atoms with Gasteiger partial charge in [-0.15, -0.1) is 0 Å².